The van der Waals surface area contributed by atoms with Crippen molar-refractivity contribution in [2.75, 3.05) is 26.2 Å². The van der Waals surface area contributed by atoms with Crippen LogP contribution in [0.2, 0.25) is 0 Å². The number of hydrogen-bond acceptors (Lipinski definition) is 8. The number of fused-ring (bicyclic) bond motifs is 2. The van der Waals surface area contributed by atoms with Gasteiger partial charge in [-0.05, 0) is 88.7 Å². The van der Waals surface area contributed by atoms with Crippen molar-refractivity contribution in [3.8, 4) is 0 Å². The molecule has 0 N–H and O–H groups in total. The summed E-state index contributed by atoms with van der Waals surface area (Å²) in [4.78, 5) is 28.0. The van der Waals surface area contributed by atoms with E-state index in [4.69, 9.17) is 4.74 Å². The van der Waals surface area contributed by atoms with Gasteiger partial charge in [-0.2, -0.15) is 0 Å². The summed E-state index contributed by atoms with van der Waals surface area (Å²) in [5, 5.41) is 1.58. The van der Waals surface area contributed by atoms with Crippen molar-refractivity contribution in [1.82, 2.24) is 17.7 Å². The van der Waals surface area contributed by atoms with Crippen LogP contribution in [0.1, 0.15) is 48.1 Å². The van der Waals surface area contributed by atoms with Gasteiger partial charge in [-0.1, -0.05) is 60.7 Å². The molecule has 0 spiro atoms. The van der Waals surface area contributed by atoms with Crippen LogP contribution in [0.3, 0.4) is 0 Å². The van der Waals surface area contributed by atoms with E-state index < -0.39 is 25.6 Å². The molecule has 0 atom stereocenters. The Labute approximate surface area is 316 Å². The molecule has 54 heavy (non-hydrogen) atoms. The number of aryl methyl sites for hydroxylation is 2. The molecule has 1 aliphatic heterocycles. The van der Waals surface area contributed by atoms with Crippen molar-refractivity contribution in [2.24, 2.45) is 0 Å². The monoisotopic (exact) mass is 768 g/mol. The fourth-order valence-electron chi connectivity index (χ4n) is 6.69. The first-order chi connectivity index (χ1) is 25.6. The highest BCUT2D eigenvalue weighted by molar-refractivity contribution is 7.90. The van der Waals surface area contributed by atoms with Gasteiger partial charge in [0.15, 0.2) is 6.29 Å². The first-order valence-corrected chi connectivity index (χ1v) is 20.5. The van der Waals surface area contributed by atoms with Crippen LogP contribution < -0.4 is 0 Å². The van der Waals surface area contributed by atoms with Crippen molar-refractivity contribution in [1.29, 1.82) is 0 Å². The van der Waals surface area contributed by atoms with Crippen molar-refractivity contribution in [3.05, 3.63) is 132 Å². The van der Waals surface area contributed by atoms with Gasteiger partial charge in [0.1, 0.15) is 5.60 Å². The third-order valence-corrected chi connectivity index (χ3v) is 12.8. The number of ether oxygens (including phenoxy) is 1. The van der Waals surface area contributed by atoms with Crippen LogP contribution in [-0.2, 0) is 31.3 Å². The Balaban J connectivity index is 0.000000203. The molecule has 1 amide bonds. The van der Waals surface area contributed by atoms with Crippen LogP contribution in [0.4, 0.5) is 4.79 Å². The summed E-state index contributed by atoms with van der Waals surface area (Å²) in [6.45, 7) is 12.5. The van der Waals surface area contributed by atoms with Gasteiger partial charge in [0.25, 0.3) is 20.0 Å². The number of carbonyl (C=O) groups is 2. The Morgan fingerprint density at radius 1 is 0.667 bits per heavy atom. The average molecular weight is 769 g/mol. The van der Waals surface area contributed by atoms with Crippen LogP contribution in [0.15, 0.2) is 119 Å². The van der Waals surface area contributed by atoms with Crippen LogP contribution >= 0.6 is 0 Å². The van der Waals surface area contributed by atoms with E-state index in [0.29, 0.717) is 53.0 Å². The number of nitrogens with zero attached hydrogens (tertiary/aromatic N) is 4. The number of piperazine rings is 1. The second-order valence-electron chi connectivity index (χ2n) is 14.2. The lowest BCUT2D eigenvalue weighted by Crippen LogP contribution is -2.49. The Kier molecular flexibility index (Phi) is 10.9. The number of amides is 1. The molecular weight excluding hydrogens is 725 g/mol. The summed E-state index contributed by atoms with van der Waals surface area (Å²) in [5.74, 6) is 0. The highest BCUT2D eigenvalue weighted by Gasteiger charge is 2.27. The van der Waals surface area contributed by atoms with Crippen LogP contribution in [-0.4, -0.2) is 78.7 Å². The third-order valence-electron chi connectivity index (χ3n) is 9.18. The van der Waals surface area contributed by atoms with E-state index in [1.165, 1.54) is 7.94 Å². The lowest BCUT2D eigenvalue weighted by molar-refractivity contribution is 0.0139. The Hall–Kier alpha value is -5.24. The Morgan fingerprint density at radius 2 is 1.15 bits per heavy atom. The van der Waals surface area contributed by atoms with Gasteiger partial charge in [0.2, 0.25) is 0 Å². The standard InChI is InChI=1S/C25H31N3O4S.C16H13NO3S/c1-19-17-22-20(18-26-13-15-27(16-14-26)24(29)32-25(2,3)4)9-8-12-23(22)28(19)33(30,31)21-10-6-5-7-11-21;1-12-10-15-13(11-18)6-5-9-16(15)17(12)21(19,20)14-7-3-2-4-8-14/h5-12,17H,13-16,18H2,1-4H3;2-11H,1H3. The molecule has 0 unspecified atom stereocenters. The minimum Gasteiger partial charge on any atom is -0.444 e. The molecule has 0 bridgehead atoms. The maximum absolute atomic E-state index is 13.3. The molecule has 13 heteroatoms. The van der Waals surface area contributed by atoms with Crippen LogP contribution in [0.5, 0.6) is 0 Å². The molecule has 0 aliphatic carbocycles. The number of aromatic nitrogens is 2. The average Bonchev–Trinajstić information content (AvgIpc) is 3.69. The molecule has 2 aromatic heterocycles. The highest BCUT2D eigenvalue weighted by atomic mass is 32.2. The number of aldehydes is 1. The number of hydrogen-bond donors (Lipinski definition) is 0. The van der Waals surface area contributed by atoms with E-state index >= 15 is 0 Å². The molecule has 11 nitrogen and oxygen atoms in total. The summed E-state index contributed by atoms with van der Waals surface area (Å²) in [6.07, 6.45) is 0.462. The Bertz CT molecular complexity index is 2530. The van der Waals surface area contributed by atoms with Crippen molar-refractivity contribution in [3.63, 3.8) is 0 Å². The largest absolute Gasteiger partial charge is 0.444 e. The van der Waals surface area contributed by atoms with Crippen molar-refractivity contribution < 1.29 is 31.2 Å². The molecule has 0 radical (unpaired) electrons. The topological polar surface area (TPSA) is 128 Å². The first kappa shape index (κ1) is 38.5. The number of carbonyl (C=O) groups excluding carboxylic acids is 2. The molecule has 3 heterocycles. The predicted octanol–water partition coefficient (Wildman–Crippen LogP) is 7.24. The fourth-order valence-corrected chi connectivity index (χ4v) is 9.82. The SMILES string of the molecule is Cc1cc2c(C=O)cccc2n1S(=O)(=O)c1ccccc1.Cc1cc2c(CN3CCN(C(=O)OC(C)(C)C)CC3)cccc2n1S(=O)(=O)c1ccccc1. The maximum atomic E-state index is 13.3. The lowest BCUT2D eigenvalue weighted by Gasteiger charge is -2.35. The normalized spacial score (nSPS) is 14.1. The number of rotatable bonds is 7. The minimum absolute atomic E-state index is 0.224. The molecule has 1 fully saturated rings. The third kappa shape index (κ3) is 7.84. The molecule has 6 aromatic rings. The van der Waals surface area contributed by atoms with E-state index in [-0.39, 0.29) is 15.9 Å². The molecule has 0 saturated carbocycles. The van der Waals surface area contributed by atoms with Gasteiger partial charge in [0.05, 0.1) is 20.8 Å². The summed E-state index contributed by atoms with van der Waals surface area (Å²) >= 11 is 0. The summed E-state index contributed by atoms with van der Waals surface area (Å²) in [5.41, 5.74) is 3.50. The zero-order valence-electron chi connectivity index (χ0n) is 31.0. The van der Waals surface area contributed by atoms with Gasteiger partial charge in [-0.25, -0.2) is 29.6 Å². The van der Waals surface area contributed by atoms with E-state index in [9.17, 15) is 26.4 Å². The zero-order valence-corrected chi connectivity index (χ0v) is 32.6. The van der Waals surface area contributed by atoms with Crippen LogP contribution in [0, 0.1) is 13.8 Å². The summed E-state index contributed by atoms with van der Waals surface area (Å²) in [6, 6.07) is 31.3. The lowest BCUT2D eigenvalue weighted by atomic mass is 10.1. The smallest absolute Gasteiger partial charge is 0.410 e. The molecule has 1 saturated heterocycles. The van der Waals surface area contributed by atoms with Gasteiger partial charge in [0, 0.05) is 60.4 Å². The van der Waals surface area contributed by atoms with Gasteiger partial charge in [-0.3, -0.25) is 9.69 Å². The van der Waals surface area contributed by atoms with E-state index in [1.807, 2.05) is 52.0 Å². The summed E-state index contributed by atoms with van der Waals surface area (Å²) in [7, 11) is -7.37. The van der Waals surface area contributed by atoms with Gasteiger partial charge < -0.3 is 9.64 Å². The molecule has 4 aromatic carbocycles. The Morgan fingerprint density at radius 3 is 1.65 bits per heavy atom. The van der Waals surface area contributed by atoms with Crippen molar-refractivity contribution in [2.45, 2.75) is 56.6 Å². The second-order valence-corrected chi connectivity index (χ2v) is 17.8. The number of benzene rings is 4. The molecule has 1 aliphatic rings. The second kappa shape index (κ2) is 15.2. The predicted molar refractivity (Wildman–Crippen MR) is 210 cm³/mol. The highest BCUT2D eigenvalue weighted by Crippen LogP contribution is 2.30. The van der Waals surface area contributed by atoms with Crippen LogP contribution in [0.25, 0.3) is 21.8 Å². The van der Waals surface area contributed by atoms with E-state index in [2.05, 4.69) is 4.90 Å². The fraction of sp³-hybridized carbons (Fsp3) is 0.268. The zero-order chi connectivity index (χ0) is 38.8. The quantitative estimate of drug-likeness (QED) is 0.156. The maximum Gasteiger partial charge on any atom is 0.410 e. The van der Waals surface area contributed by atoms with E-state index in [0.717, 1.165) is 30.3 Å². The van der Waals surface area contributed by atoms with Gasteiger partial charge >= 0.3 is 6.09 Å². The van der Waals surface area contributed by atoms with Crippen molar-refractivity contribution >= 4 is 54.2 Å². The van der Waals surface area contributed by atoms with E-state index in [1.54, 1.807) is 96.8 Å². The molecule has 7 rings (SSSR count). The first-order valence-electron chi connectivity index (χ1n) is 17.6. The van der Waals surface area contributed by atoms with Gasteiger partial charge in [-0.15, -0.1) is 0 Å². The summed E-state index contributed by atoms with van der Waals surface area (Å²) < 4.78 is 60.5. The molecular formula is C41H44N4O7S2. The minimum atomic E-state index is -3.69. The molecule has 282 valence electrons.